The predicted octanol–water partition coefficient (Wildman–Crippen LogP) is 0.577. The van der Waals surface area contributed by atoms with Gasteiger partial charge in [-0.3, -0.25) is 9.48 Å². The number of rotatable bonds is 4. The van der Waals surface area contributed by atoms with Crippen molar-refractivity contribution >= 4 is 5.91 Å². The molecule has 2 aromatic heterocycles. The Labute approximate surface area is 129 Å². The van der Waals surface area contributed by atoms with Crippen LogP contribution in [0.3, 0.4) is 0 Å². The van der Waals surface area contributed by atoms with Crippen LogP contribution in [0.5, 0.6) is 0 Å². The number of nitrogens with zero attached hydrogens (tertiary/aromatic N) is 4. The van der Waals surface area contributed by atoms with Crippen molar-refractivity contribution in [1.29, 1.82) is 0 Å². The zero-order chi connectivity index (χ0) is 15.7. The Morgan fingerprint density at radius 3 is 2.91 bits per heavy atom. The molecule has 1 aliphatic rings. The normalized spacial score (nSPS) is 24.6. The summed E-state index contributed by atoms with van der Waals surface area (Å²) in [5.74, 6) is 0.748. The standard InChI is InChI=1S/C15H21N5O2/c1-10-7-17-19(8-10)9-14(21)18-12-3-4-13(15(12)22)20-6-5-16-11(20)2/h5-8,12-13,15,22H,3-4,9H2,1-2H3,(H,18,21)/t12-,13-,15-/m1/s1. The maximum absolute atomic E-state index is 12.1. The van der Waals surface area contributed by atoms with Crippen LogP contribution in [0.4, 0.5) is 0 Å². The molecule has 0 bridgehead atoms. The number of aromatic nitrogens is 4. The molecule has 0 unspecified atom stereocenters. The van der Waals surface area contributed by atoms with Crippen molar-refractivity contribution in [3.8, 4) is 0 Å². The van der Waals surface area contributed by atoms with Crippen molar-refractivity contribution < 1.29 is 9.90 Å². The number of hydrogen-bond acceptors (Lipinski definition) is 4. The maximum atomic E-state index is 12.1. The second-order valence-electron chi connectivity index (χ2n) is 5.91. The lowest BCUT2D eigenvalue weighted by molar-refractivity contribution is -0.123. The Kier molecular flexibility index (Phi) is 3.98. The highest BCUT2D eigenvalue weighted by atomic mass is 16.3. The van der Waals surface area contributed by atoms with Crippen LogP contribution < -0.4 is 5.32 Å². The predicted molar refractivity (Wildman–Crippen MR) is 80.1 cm³/mol. The highest BCUT2D eigenvalue weighted by Gasteiger charge is 2.37. The van der Waals surface area contributed by atoms with Crippen molar-refractivity contribution in [1.82, 2.24) is 24.6 Å². The zero-order valence-electron chi connectivity index (χ0n) is 12.8. The number of nitrogens with one attached hydrogen (secondary N) is 1. The smallest absolute Gasteiger partial charge is 0.242 e. The molecule has 1 fully saturated rings. The molecule has 2 N–H and O–H groups in total. The Morgan fingerprint density at radius 1 is 1.45 bits per heavy atom. The molecule has 22 heavy (non-hydrogen) atoms. The topological polar surface area (TPSA) is 85.0 Å². The van der Waals surface area contributed by atoms with E-state index < -0.39 is 6.10 Å². The minimum absolute atomic E-state index is 0.0280. The first kappa shape index (κ1) is 14.8. The minimum atomic E-state index is -0.601. The average molecular weight is 303 g/mol. The van der Waals surface area contributed by atoms with E-state index >= 15 is 0 Å². The highest BCUT2D eigenvalue weighted by Crippen LogP contribution is 2.31. The summed E-state index contributed by atoms with van der Waals surface area (Å²) in [4.78, 5) is 16.3. The number of carbonyl (C=O) groups excluding carboxylic acids is 1. The first-order valence-electron chi connectivity index (χ1n) is 7.50. The highest BCUT2D eigenvalue weighted by molar-refractivity contribution is 5.76. The van der Waals surface area contributed by atoms with Crippen LogP contribution in [-0.4, -0.2) is 42.5 Å². The van der Waals surface area contributed by atoms with E-state index in [9.17, 15) is 9.90 Å². The molecule has 2 aromatic rings. The van der Waals surface area contributed by atoms with Gasteiger partial charge in [0.1, 0.15) is 12.4 Å². The first-order chi connectivity index (χ1) is 10.5. The lowest BCUT2D eigenvalue weighted by atomic mass is 10.1. The maximum Gasteiger partial charge on any atom is 0.242 e. The summed E-state index contributed by atoms with van der Waals surface area (Å²) < 4.78 is 3.58. The van der Waals surface area contributed by atoms with Crippen molar-refractivity contribution in [2.75, 3.05) is 0 Å². The number of aryl methyl sites for hydroxylation is 2. The van der Waals surface area contributed by atoms with Gasteiger partial charge in [0, 0.05) is 18.6 Å². The third kappa shape index (κ3) is 2.89. The van der Waals surface area contributed by atoms with Gasteiger partial charge in [0.05, 0.1) is 24.4 Å². The molecule has 0 aromatic carbocycles. The first-order valence-corrected chi connectivity index (χ1v) is 7.50. The van der Waals surface area contributed by atoms with Crippen molar-refractivity contribution in [2.24, 2.45) is 0 Å². The summed E-state index contributed by atoms with van der Waals surface area (Å²) in [6.07, 6.45) is 8.12. The van der Waals surface area contributed by atoms with Gasteiger partial charge < -0.3 is 15.0 Å². The van der Waals surface area contributed by atoms with Crippen molar-refractivity contribution in [2.45, 2.75) is 51.4 Å². The summed E-state index contributed by atoms with van der Waals surface area (Å²) in [5, 5.41) is 17.5. The number of amides is 1. The van der Waals surface area contributed by atoms with Crippen LogP contribution in [0.25, 0.3) is 0 Å². The molecule has 3 atom stereocenters. The number of imidazole rings is 1. The van der Waals surface area contributed by atoms with Gasteiger partial charge in [0.15, 0.2) is 0 Å². The molecule has 0 aliphatic heterocycles. The van der Waals surface area contributed by atoms with Gasteiger partial charge in [-0.05, 0) is 32.3 Å². The van der Waals surface area contributed by atoms with Crippen LogP contribution in [0, 0.1) is 13.8 Å². The lowest BCUT2D eigenvalue weighted by Gasteiger charge is -2.22. The van der Waals surface area contributed by atoms with E-state index in [1.165, 1.54) is 0 Å². The van der Waals surface area contributed by atoms with Gasteiger partial charge in [-0.1, -0.05) is 0 Å². The molecule has 0 spiro atoms. The molecular weight excluding hydrogens is 282 g/mol. The van der Waals surface area contributed by atoms with Gasteiger partial charge in [0.25, 0.3) is 0 Å². The molecule has 118 valence electrons. The summed E-state index contributed by atoms with van der Waals surface area (Å²) in [7, 11) is 0. The van der Waals surface area contributed by atoms with Gasteiger partial charge >= 0.3 is 0 Å². The lowest BCUT2D eigenvalue weighted by Crippen LogP contribution is -2.43. The van der Waals surface area contributed by atoms with Gasteiger partial charge in [-0.25, -0.2) is 4.98 Å². The van der Waals surface area contributed by atoms with E-state index in [1.807, 2.05) is 30.8 Å². The van der Waals surface area contributed by atoms with Crippen LogP contribution >= 0.6 is 0 Å². The third-order valence-corrected chi connectivity index (χ3v) is 4.21. The van der Waals surface area contributed by atoms with E-state index in [0.29, 0.717) is 0 Å². The Morgan fingerprint density at radius 2 is 2.27 bits per heavy atom. The molecule has 1 aliphatic carbocycles. The van der Waals surface area contributed by atoms with E-state index in [-0.39, 0.29) is 24.5 Å². The van der Waals surface area contributed by atoms with E-state index in [0.717, 1.165) is 24.2 Å². The molecule has 0 radical (unpaired) electrons. The zero-order valence-corrected chi connectivity index (χ0v) is 12.8. The molecule has 3 rings (SSSR count). The molecule has 7 heteroatoms. The number of aliphatic hydroxyl groups excluding tert-OH is 1. The van der Waals surface area contributed by atoms with Gasteiger partial charge in [0.2, 0.25) is 5.91 Å². The monoisotopic (exact) mass is 303 g/mol. The molecule has 0 saturated heterocycles. The van der Waals surface area contributed by atoms with Crippen molar-refractivity contribution in [3.05, 3.63) is 36.2 Å². The van der Waals surface area contributed by atoms with Crippen LogP contribution in [-0.2, 0) is 11.3 Å². The van der Waals surface area contributed by atoms with Crippen molar-refractivity contribution in [3.63, 3.8) is 0 Å². The fraction of sp³-hybridized carbons (Fsp3) is 0.533. The molecule has 7 nitrogen and oxygen atoms in total. The number of aliphatic hydroxyl groups is 1. The minimum Gasteiger partial charge on any atom is -0.389 e. The fourth-order valence-corrected chi connectivity index (χ4v) is 3.11. The van der Waals surface area contributed by atoms with E-state index in [2.05, 4.69) is 15.4 Å². The average Bonchev–Trinajstić information content (AvgIpc) is 3.14. The largest absolute Gasteiger partial charge is 0.389 e. The Bertz CT molecular complexity index is 662. The summed E-state index contributed by atoms with van der Waals surface area (Å²) in [6.45, 7) is 4.02. The van der Waals surface area contributed by atoms with Gasteiger partial charge in [-0.2, -0.15) is 5.10 Å². The van der Waals surface area contributed by atoms with Gasteiger partial charge in [-0.15, -0.1) is 0 Å². The summed E-state index contributed by atoms with van der Waals surface area (Å²) in [6, 6.07) is -0.254. The third-order valence-electron chi connectivity index (χ3n) is 4.21. The van der Waals surface area contributed by atoms with Crippen LogP contribution in [0.1, 0.15) is 30.3 Å². The second kappa shape index (κ2) is 5.92. The Balaban J connectivity index is 1.59. The molecule has 1 saturated carbocycles. The number of carbonyl (C=O) groups is 1. The molecular formula is C15H21N5O2. The summed E-state index contributed by atoms with van der Waals surface area (Å²) in [5.41, 5.74) is 1.02. The quantitative estimate of drug-likeness (QED) is 0.865. The molecule has 2 heterocycles. The molecule has 1 amide bonds. The Hall–Kier alpha value is -2.15. The van der Waals surface area contributed by atoms with E-state index in [4.69, 9.17) is 0 Å². The van der Waals surface area contributed by atoms with Crippen LogP contribution in [0.2, 0.25) is 0 Å². The van der Waals surface area contributed by atoms with Crippen LogP contribution in [0.15, 0.2) is 24.8 Å². The second-order valence-corrected chi connectivity index (χ2v) is 5.91. The summed E-state index contributed by atoms with van der Waals surface area (Å²) >= 11 is 0. The van der Waals surface area contributed by atoms with E-state index in [1.54, 1.807) is 17.1 Å². The SMILES string of the molecule is Cc1cnn(CC(=O)N[C@@H]2CC[C@@H](n3ccnc3C)[C@@H]2O)c1. The number of hydrogen-bond donors (Lipinski definition) is 2. The fourth-order valence-electron chi connectivity index (χ4n) is 3.11.